The third kappa shape index (κ3) is 5.38. The number of carbonyl (C=O) groups excluding carboxylic acids is 2. The molecule has 0 spiro atoms. The highest BCUT2D eigenvalue weighted by Crippen LogP contribution is 2.27. The summed E-state index contributed by atoms with van der Waals surface area (Å²) in [6.07, 6.45) is 0.817. The SMILES string of the molecule is CCOC(=O)NC(=O)CSc1nnc(-c2cccc(OC)c2)n1Cc1ccco1. The molecule has 10 heteroatoms. The van der Waals surface area contributed by atoms with Gasteiger partial charge in [-0.05, 0) is 31.2 Å². The van der Waals surface area contributed by atoms with E-state index >= 15 is 0 Å². The molecule has 0 radical (unpaired) electrons. The van der Waals surface area contributed by atoms with Crippen molar-refractivity contribution in [2.45, 2.75) is 18.6 Å². The molecule has 152 valence electrons. The smallest absolute Gasteiger partial charge is 0.413 e. The van der Waals surface area contributed by atoms with Gasteiger partial charge in [0, 0.05) is 5.56 Å². The monoisotopic (exact) mass is 416 g/mol. The van der Waals surface area contributed by atoms with Crippen LogP contribution in [0.15, 0.2) is 52.2 Å². The summed E-state index contributed by atoms with van der Waals surface area (Å²) in [7, 11) is 1.59. The normalized spacial score (nSPS) is 10.6. The summed E-state index contributed by atoms with van der Waals surface area (Å²) in [6, 6.07) is 11.1. The zero-order chi connectivity index (χ0) is 20.6. The van der Waals surface area contributed by atoms with Crippen molar-refractivity contribution >= 4 is 23.8 Å². The minimum atomic E-state index is -0.771. The van der Waals surface area contributed by atoms with Gasteiger partial charge in [-0.1, -0.05) is 23.9 Å². The predicted molar refractivity (Wildman–Crippen MR) is 106 cm³/mol. The van der Waals surface area contributed by atoms with Crippen molar-refractivity contribution in [3.05, 3.63) is 48.4 Å². The number of hydrogen-bond acceptors (Lipinski definition) is 8. The number of furan rings is 1. The molecule has 0 aliphatic carbocycles. The van der Waals surface area contributed by atoms with Gasteiger partial charge in [0.15, 0.2) is 11.0 Å². The summed E-state index contributed by atoms with van der Waals surface area (Å²) >= 11 is 1.16. The molecule has 29 heavy (non-hydrogen) atoms. The summed E-state index contributed by atoms with van der Waals surface area (Å²) < 4.78 is 17.3. The van der Waals surface area contributed by atoms with Gasteiger partial charge >= 0.3 is 6.09 Å². The molecular weight excluding hydrogens is 396 g/mol. The molecule has 1 N–H and O–H groups in total. The highest BCUT2D eigenvalue weighted by Gasteiger charge is 2.18. The molecular formula is C19H20N4O5S. The summed E-state index contributed by atoms with van der Waals surface area (Å²) in [6.45, 7) is 2.23. The zero-order valence-electron chi connectivity index (χ0n) is 16.0. The number of aromatic nitrogens is 3. The summed E-state index contributed by atoms with van der Waals surface area (Å²) in [4.78, 5) is 23.3. The fourth-order valence-corrected chi connectivity index (χ4v) is 3.26. The molecule has 2 amide bonds. The zero-order valence-corrected chi connectivity index (χ0v) is 16.8. The van der Waals surface area contributed by atoms with E-state index in [0.717, 1.165) is 17.3 Å². The molecule has 0 aliphatic rings. The van der Waals surface area contributed by atoms with Gasteiger partial charge in [-0.3, -0.25) is 14.7 Å². The van der Waals surface area contributed by atoms with Crippen molar-refractivity contribution < 1.29 is 23.5 Å². The second-order valence-corrected chi connectivity index (χ2v) is 6.70. The van der Waals surface area contributed by atoms with Crippen LogP contribution in [0.1, 0.15) is 12.7 Å². The van der Waals surface area contributed by atoms with Gasteiger partial charge in [0.2, 0.25) is 5.91 Å². The number of alkyl carbamates (subject to hydrolysis) is 1. The minimum Gasteiger partial charge on any atom is -0.497 e. The quantitative estimate of drug-likeness (QED) is 0.558. The Labute approximate surface area is 171 Å². The maximum atomic E-state index is 12.0. The number of nitrogens with zero attached hydrogens (tertiary/aromatic N) is 3. The average molecular weight is 416 g/mol. The van der Waals surface area contributed by atoms with E-state index < -0.39 is 12.0 Å². The highest BCUT2D eigenvalue weighted by atomic mass is 32.2. The van der Waals surface area contributed by atoms with Gasteiger partial charge in [-0.2, -0.15) is 0 Å². The Morgan fingerprint density at radius 2 is 2.10 bits per heavy atom. The number of imide groups is 1. The van der Waals surface area contributed by atoms with Crippen LogP contribution in [0.25, 0.3) is 11.4 Å². The summed E-state index contributed by atoms with van der Waals surface area (Å²) in [5.41, 5.74) is 0.811. The molecule has 1 aromatic carbocycles. The Morgan fingerprint density at radius 3 is 2.83 bits per heavy atom. The topological polar surface area (TPSA) is 108 Å². The average Bonchev–Trinajstić information content (AvgIpc) is 3.37. The van der Waals surface area contributed by atoms with Crippen LogP contribution < -0.4 is 10.1 Å². The van der Waals surface area contributed by atoms with E-state index in [4.69, 9.17) is 13.9 Å². The van der Waals surface area contributed by atoms with Crippen LogP contribution >= 0.6 is 11.8 Å². The highest BCUT2D eigenvalue weighted by molar-refractivity contribution is 7.99. The van der Waals surface area contributed by atoms with Gasteiger partial charge in [-0.25, -0.2) is 4.79 Å². The van der Waals surface area contributed by atoms with Crippen LogP contribution in [0.2, 0.25) is 0 Å². The lowest BCUT2D eigenvalue weighted by Gasteiger charge is -2.09. The van der Waals surface area contributed by atoms with Crippen molar-refractivity contribution in [3.63, 3.8) is 0 Å². The van der Waals surface area contributed by atoms with E-state index in [1.165, 1.54) is 0 Å². The molecule has 9 nitrogen and oxygen atoms in total. The molecule has 2 heterocycles. The van der Waals surface area contributed by atoms with Crippen LogP contribution in [0.4, 0.5) is 4.79 Å². The molecule has 0 fully saturated rings. The van der Waals surface area contributed by atoms with Crippen LogP contribution in [-0.4, -0.2) is 46.2 Å². The standard InChI is InChI=1S/C19H20N4O5S/c1-3-27-19(25)20-16(24)12-29-18-22-21-17(13-6-4-7-14(10-13)26-2)23(18)11-15-8-5-9-28-15/h4-10H,3,11-12H2,1-2H3,(H,20,24,25). The van der Waals surface area contributed by atoms with E-state index in [9.17, 15) is 9.59 Å². The molecule has 3 aromatic rings. The van der Waals surface area contributed by atoms with Crippen molar-refractivity contribution in [3.8, 4) is 17.1 Å². The van der Waals surface area contributed by atoms with E-state index in [1.807, 2.05) is 34.9 Å². The number of ether oxygens (including phenoxy) is 2. The Balaban J connectivity index is 1.82. The third-order valence-corrected chi connectivity index (χ3v) is 4.75. The van der Waals surface area contributed by atoms with Crippen molar-refractivity contribution in [2.75, 3.05) is 19.5 Å². The predicted octanol–water partition coefficient (Wildman–Crippen LogP) is 2.96. The number of benzene rings is 1. The minimum absolute atomic E-state index is 0.0206. The third-order valence-electron chi connectivity index (χ3n) is 3.79. The Morgan fingerprint density at radius 1 is 1.24 bits per heavy atom. The summed E-state index contributed by atoms with van der Waals surface area (Å²) in [5.74, 6) is 1.51. The van der Waals surface area contributed by atoms with E-state index in [2.05, 4.69) is 15.5 Å². The molecule has 0 aliphatic heterocycles. The maximum Gasteiger partial charge on any atom is 0.413 e. The largest absolute Gasteiger partial charge is 0.497 e. The molecule has 0 saturated carbocycles. The Bertz CT molecular complexity index is 971. The molecule has 0 bridgehead atoms. The lowest BCUT2D eigenvalue weighted by molar-refractivity contribution is -0.117. The Hall–Kier alpha value is -3.27. The van der Waals surface area contributed by atoms with Crippen LogP contribution in [0.3, 0.4) is 0 Å². The van der Waals surface area contributed by atoms with Gasteiger partial charge < -0.3 is 13.9 Å². The van der Waals surface area contributed by atoms with Gasteiger partial charge in [0.25, 0.3) is 0 Å². The molecule has 2 aromatic heterocycles. The second-order valence-electron chi connectivity index (χ2n) is 5.76. The van der Waals surface area contributed by atoms with Crippen molar-refractivity contribution in [1.29, 1.82) is 0 Å². The first-order valence-electron chi connectivity index (χ1n) is 8.80. The van der Waals surface area contributed by atoms with E-state index in [0.29, 0.717) is 29.0 Å². The number of amides is 2. The number of thioether (sulfide) groups is 1. The fraction of sp³-hybridized carbons (Fsp3) is 0.263. The lowest BCUT2D eigenvalue weighted by Crippen LogP contribution is -2.32. The number of carbonyl (C=O) groups is 2. The number of methoxy groups -OCH3 is 1. The first-order chi connectivity index (χ1) is 14.1. The van der Waals surface area contributed by atoms with Gasteiger partial charge in [0.05, 0.1) is 32.3 Å². The summed E-state index contributed by atoms with van der Waals surface area (Å²) in [5, 5.41) is 11.2. The number of rotatable bonds is 8. The van der Waals surface area contributed by atoms with Crippen molar-refractivity contribution in [2.24, 2.45) is 0 Å². The van der Waals surface area contributed by atoms with Crippen LogP contribution in [-0.2, 0) is 16.1 Å². The fourth-order valence-electron chi connectivity index (χ4n) is 2.52. The molecule has 0 unspecified atom stereocenters. The number of nitrogens with one attached hydrogen (secondary N) is 1. The van der Waals surface area contributed by atoms with Crippen molar-refractivity contribution in [1.82, 2.24) is 20.1 Å². The molecule has 0 saturated heterocycles. The van der Waals surface area contributed by atoms with Gasteiger partial charge in [0.1, 0.15) is 11.5 Å². The molecule has 0 atom stereocenters. The first kappa shape index (κ1) is 20.5. The van der Waals surface area contributed by atoms with Crippen LogP contribution in [0.5, 0.6) is 5.75 Å². The number of hydrogen-bond donors (Lipinski definition) is 1. The Kier molecular flexibility index (Phi) is 6.90. The van der Waals surface area contributed by atoms with E-state index in [-0.39, 0.29) is 12.4 Å². The molecule has 3 rings (SSSR count). The van der Waals surface area contributed by atoms with Crippen LogP contribution in [0, 0.1) is 0 Å². The second kappa shape index (κ2) is 9.78. The maximum absolute atomic E-state index is 12.0. The van der Waals surface area contributed by atoms with Gasteiger partial charge in [-0.15, -0.1) is 10.2 Å². The lowest BCUT2D eigenvalue weighted by atomic mass is 10.2. The first-order valence-corrected chi connectivity index (χ1v) is 9.78. The van der Waals surface area contributed by atoms with E-state index in [1.54, 1.807) is 26.4 Å².